The van der Waals surface area contributed by atoms with Gasteiger partial charge >= 0.3 is 0 Å². The molecule has 1 N–H and O–H groups in total. The van der Waals surface area contributed by atoms with Crippen LogP contribution >= 0.6 is 15.9 Å². The second-order valence-corrected chi connectivity index (χ2v) is 7.17. The van der Waals surface area contributed by atoms with Gasteiger partial charge in [-0.3, -0.25) is 0 Å². The first-order valence-corrected chi connectivity index (χ1v) is 7.72. The Morgan fingerprint density at radius 3 is 2.50 bits per heavy atom. The van der Waals surface area contributed by atoms with E-state index in [4.69, 9.17) is 0 Å². The molecule has 1 aromatic carbocycles. The van der Waals surface area contributed by atoms with Crippen molar-refractivity contribution in [2.75, 3.05) is 12.3 Å². The zero-order valence-electron chi connectivity index (χ0n) is 9.19. The molecule has 0 radical (unpaired) electrons. The van der Waals surface area contributed by atoms with Crippen LogP contribution in [0, 0.1) is 0 Å². The predicted octanol–water partition coefficient (Wildman–Crippen LogP) is 1.93. The zero-order chi connectivity index (χ0) is 12.0. The van der Waals surface area contributed by atoms with Gasteiger partial charge in [-0.25, -0.2) is 13.1 Å². The second-order valence-electron chi connectivity index (χ2n) is 3.68. The summed E-state index contributed by atoms with van der Waals surface area (Å²) in [6.07, 6.45) is 0.548. The van der Waals surface area contributed by atoms with Crippen LogP contribution in [0.1, 0.15) is 12.5 Å². The fraction of sp³-hybridized carbons (Fsp3) is 0.455. The highest BCUT2D eigenvalue weighted by molar-refractivity contribution is 9.09. The SMILES string of the molecule is CC(Br)CNS(=O)(=O)CCc1ccccc1. The van der Waals surface area contributed by atoms with Gasteiger partial charge in [0.05, 0.1) is 5.75 Å². The average molecular weight is 306 g/mol. The Morgan fingerprint density at radius 1 is 1.31 bits per heavy atom. The molecule has 16 heavy (non-hydrogen) atoms. The van der Waals surface area contributed by atoms with E-state index < -0.39 is 10.0 Å². The van der Waals surface area contributed by atoms with Crippen LogP contribution in [0.15, 0.2) is 30.3 Å². The molecule has 5 heteroatoms. The van der Waals surface area contributed by atoms with Crippen molar-refractivity contribution in [2.45, 2.75) is 18.2 Å². The van der Waals surface area contributed by atoms with E-state index in [9.17, 15) is 8.42 Å². The fourth-order valence-corrected chi connectivity index (χ4v) is 2.74. The van der Waals surface area contributed by atoms with Crippen LogP contribution in [-0.4, -0.2) is 25.5 Å². The maximum absolute atomic E-state index is 11.6. The summed E-state index contributed by atoms with van der Waals surface area (Å²) < 4.78 is 25.7. The van der Waals surface area contributed by atoms with Crippen LogP contribution in [0.2, 0.25) is 0 Å². The molecule has 90 valence electrons. The van der Waals surface area contributed by atoms with Crippen molar-refractivity contribution in [2.24, 2.45) is 0 Å². The molecule has 0 aliphatic heterocycles. The minimum Gasteiger partial charge on any atom is -0.214 e. The number of hydrogen-bond donors (Lipinski definition) is 1. The van der Waals surface area contributed by atoms with Gasteiger partial charge in [-0.15, -0.1) is 0 Å². The monoisotopic (exact) mass is 305 g/mol. The zero-order valence-corrected chi connectivity index (χ0v) is 11.6. The summed E-state index contributed by atoms with van der Waals surface area (Å²) in [5.41, 5.74) is 1.04. The standard InChI is InChI=1S/C11H16BrNO2S/c1-10(12)9-13-16(14,15)8-7-11-5-3-2-4-6-11/h2-6,10,13H,7-9H2,1H3. The quantitative estimate of drug-likeness (QED) is 0.816. The molecule has 1 rings (SSSR count). The van der Waals surface area contributed by atoms with Gasteiger partial charge in [0.25, 0.3) is 0 Å². The molecular formula is C11H16BrNO2S. The number of sulfonamides is 1. The number of benzene rings is 1. The lowest BCUT2D eigenvalue weighted by Crippen LogP contribution is -2.31. The van der Waals surface area contributed by atoms with Crippen LogP contribution in [-0.2, 0) is 16.4 Å². The van der Waals surface area contributed by atoms with Crippen molar-refractivity contribution in [1.82, 2.24) is 4.72 Å². The number of hydrogen-bond acceptors (Lipinski definition) is 2. The van der Waals surface area contributed by atoms with Gasteiger partial charge in [-0.1, -0.05) is 53.2 Å². The van der Waals surface area contributed by atoms with Gasteiger partial charge < -0.3 is 0 Å². The van der Waals surface area contributed by atoms with Crippen molar-refractivity contribution in [3.05, 3.63) is 35.9 Å². The van der Waals surface area contributed by atoms with Crippen molar-refractivity contribution >= 4 is 26.0 Å². The van der Waals surface area contributed by atoms with E-state index >= 15 is 0 Å². The lowest BCUT2D eigenvalue weighted by atomic mass is 10.2. The van der Waals surface area contributed by atoms with E-state index in [-0.39, 0.29) is 10.6 Å². The maximum Gasteiger partial charge on any atom is 0.211 e. The minimum atomic E-state index is -3.15. The number of rotatable bonds is 6. The first-order valence-electron chi connectivity index (χ1n) is 5.15. The molecule has 3 nitrogen and oxygen atoms in total. The summed E-state index contributed by atoms with van der Waals surface area (Å²) in [5.74, 6) is 0.136. The summed E-state index contributed by atoms with van der Waals surface area (Å²) in [6.45, 7) is 2.33. The molecule has 1 atom stereocenters. The predicted molar refractivity (Wildman–Crippen MR) is 70.3 cm³/mol. The molecule has 0 aromatic heterocycles. The van der Waals surface area contributed by atoms with Gasteiger partial charge in [0, 0.05) is 11.4 Å². The van der Waals surface area contributed by atoms with Crippen LogP contribution < -0.4 is 4.72 Å². The van der Waals surface area contributed by atoms with Gasteiger partial charge in [0.15, 0.2) is 0 Å². The van der Waals surface area contributed by atoms with Crippen molar-refractivity contribution in [3.63, 3.8) is 0 Å². The van der Waals surface area contributed by atoms with Gasteiger partial charge in [-0.2, -0.15) is 0 Å². The summed E-state index contributed by atoms with van der Waals surface area (Å²) in [5, 5.41) is 0. The van der Waals surface area contributed by atoms with E-state index in [2.05, 4.69) is 20.7 Å². The Kier molecular flexibility index (Phi) is 5.44. The van der Waals surface area contributed by atoms with E-state index in [0.29, 0.717) is 13.0 Å². The Balaban J connectivity index is 2.42. The highest BCUT2D eigenvalue weighted by Crippen LogP contribution is 2.02. The first-order chi connectivity index (χ1) is 7.49. The van der Waals surface area contributed by atoms with Gasteiger partial charge in [0.1, 0.15) is 0 Å². The molecule has 0 amide bonds. The van der Waals surface area contributed by atoms with Crippen LogP contribution in [0.3, 0.4) is 0 Å². The van der Waals surface area contributed by atoms with E-state index in [1.807, 2.05) is 37.3 Å². The molecular weight excluding hydrogens is 290 g/mol. The molecule has 0 bridgehead atoms. The summed E-state index contributed by atoms with van der Waals surface area (Å²) in [7, 11) is -3.15. The third-order valence-corrected chi connectivity index (χ3v) is 3.76. The smallest absolute Gasteiger partial charge is 0.211 e. The molecule has 0 fully saturated rings. The highest BCUT2D eigenvalue weighted by Gasteiger charge is 2.10. The Morgan fingerprint density at radius 2 is 1.94 bits per heavy atom. The lowest BCUT2D eigenvalue weighted by Gasteiger charge is -2.07. The maximum atomic E-state index is 11.6. The Bertz CT molecular complexity index is 403. The Labute approximate surface area is 105 Å². The molecule has 0 aliphatic rings. The summed E-state index contributed by atoms with van der Waals surface area (Å²) in [6, 6.07) is 9.61. The first kappa shape index (κ1) is 13.7. The van der Waals surface area contributed by atoms with Crippen LogP contribution in [0.4, 0.5) is 0 Å². The normalized spacial score (nSPS) is 13.6. The molecule has 0 spiro atoms. The van der Waals surface area contributed by atoms with Crippen LogP contribution in [0.25, 0.3) is 0 Å². The van der Waals surface area contributed by atoms with E-state index in [1.54, 1.807) is 0 Å². The molecule has 0 aliphatic carbocycles. The summed E-state index contributed by atoms with van der Waals surface area (Å²) >= 11 is 3.30. The van der Waals surface area contributed by atoms with Crippen molar-refractivity contribution in [1.29, 1.82) is 0 Å². The molecule has 0 heterocycles. The lowest BCUT2D eigenvalue weighted by molar-refractivity contribution is 0.581. The Hall–Kier alpha value is -0.390. The number of aryl methyl sites for hydroxylation is 1. The molecule has 0 saturated carbocycles. The molecule has 1 aromatic rings. The second kappa shape index (κ2) is 6.37. The van der Waals surface area contributed by atoms with Gasteiger partial charge in [-0.05, 0) is 12.0 Å². The van der Waals surface area contributed by atoms with Crippen molar-refractivity contribution in [3.8, 4) is 0 Å². The third kappa shape index (κ3) is 5.63. The largest absolute Gasteiger partial charge is 0.214 e. The van der Waals surface area contributed by atoms with Gasteiger partial charge in [0.2, 0.25) is 10.0 Å². The highest BCUT2D eigenvalue weighted by atomic mass is 79.9. The summed E-state index contributed by atoms with van der Waals surface area (Å²) in [4.78, 5) is 0.152. The molecule has 0 saturated heterocycles. The average Bonchev–Trinajstić information content (AvgIpc) is 2.26. The number of nitrogens with one attached hydrogen (secondary N) is 1. The number of alkyl halides is 1. The van der Waals surface area contributed by atoms with E-state index in [0.717, 1.165) is 5.56 Å². The third-order valence-electron chi connectivity index (χ3n) is 2.09. The molecule has 1 unspecified atom stereocenters. The fourth-order valence-electron chi connectivity index (χ4n) is 1.21. The number of halogens is 1. The topological polar surface area (TPSA) is 46.2 Å². The van der Waals surface area contributed by atoms with Crippen molar-refractivity contribution < 1.29 is 8.42 Å². The van der Waals surface area contributed by atoms with Crippen LogP contribution in [0.5, 0.6) is 0 Å². The van der Waals surface area contributed by atoms with E-state index in [1.165, 1.54) is 0 Å². The minimum absolute atomic E-state index is 0.136.